The molecule has 1 fully saturated rings. The van der Waals surface area contributed by atoms with Crippen LogP contribution in [0.15, 0.2) is 18.2 Å². The highest BCUT2D eigenvalue weighted by Crippen LogP contribution is 2.35. The van der Waals surface area contributed by atoms with Gasteiger partial charge in [-0.2, -0.15) is 13.2 Å². The summed E-state index contributed by atoms with van der Waals surface area (Å²) in [6.45, 7) is 2.20. The molecule has 2 rings (SSSR count). The van der Waals surface area contributed by atoms with Crippen LogP contribution in [0.1, 0.15) is 12.0 Å². The number of halogens is 3. The normalized spacial score (nSPS) is 19.1. The fourth-order valence-corrected chi connectivity index (χ4v) is 2.15. The molecule has 1 aromatic rings. The Morgan fingerprint density at radius 3 is 2.75 bits per heavy atom. The second-order valence-electron chi connectivity index (χ2n) is 4.73. The fourth-order valence-electron chi connectivity index (χ4n) is 2.15. The summed E-state index contributed by atoms with van der Waals surface area (Å²) in [5, 5.41) is 16.9. The van der Waals surface area contributed by atoms with Crippen LogP contribution in [0.3, 0.4) is 0 Å². The van der Waals surface area contributed by atoms with Crippen molar-refractivity contribution in [3.8, 4) is 0 Å². The lowest BCUT2D eigenvalue weighted by atomic mass is 10.1. The van der Waals surface area contributed by atoms with Gasteiger partial charge in [0.2, 0.25) is 0 Å². The quantitative estimate of drug-likeness (QED) is 0.660. The molecule has 0 bridgehead atoms. The minimum atomic E-state index is -4.58. The van der Waals surface area contributed by atoms with Crippen LogP contribution < -0.4 is 10.6 Å². The van der Waals surface area contributed by atoms with E-state index in [0.717, 1.165) is 31.6 Å². The van der Waals surface area contributed by atoms with Crippen LogP contribution in [0, 0.1) is 16.0 Å². The number of anilines is 1. The van der Waals surface area contributed by atoms with Gasteiger partial charge in [-0.25, -0.2) is 0 Å². The van der Waals surface area contributed by atoms with Crippen LogP contribution >= 0.6 is 0 Å². The maximum atomic E-state index is 12.5. The molecule has 0 radical (unpaired) electrons. The number of nitro groups is 1. The molecule has 0 aliphatic carbocycles. The smallest absolute Gasteiger partial charge is 0.379 e. The fraction of sp³-hybridized carbons (Fsp3) is 0.500. The lowest BCUT2D eigenvalue weighted by Crippen LogP contribution is -2.18. The van der Waals surface area contributed by atoms with Crippen molar-refractivity contribution in [2.75, 3.05) is 25.0 Å². The van der Waals surface area contributed by atoms with Gasteiger partial charge in [-0.15, -0.1) is 0 Å². The minimum absolute atomic E-state index is 0.120. The van der Waals surface area contributed by atoms with Crippen molar-refractivity contribution in [3.63, 3.8) is 0 Å². The number of nitrogens with one attached hydrogen (secondary N) is 2. The van der Waals surface area contributed by atoms with E-state index >= 15 is 0 Å². The predicted octanol–water partition coefficient (Wildman–Crippen LogP) is 2.63. The third-order valence-electron chi connectivity index (χ3n) is 3.27. The number of hydrogen-bond acceptors (Lipinski definition) is 4. The number of nitro benzene ring substituents is 1. The van der Waals surface area contributed by atoms with Crippen molar-refractivity contribution in [3.05, 3.63) is 33.9 Å². The molecule has 0 amide bonds. The van der Waals surface area contributed by atoms with Crippen LogP contribution in [-0.2, 0) is 6.18 Å². The molecule has 1 heterocycles. The molecular formula is C12H14F3N3O2. The molecule has 0 saturated carbocycles. The molecule has 1 saturated heterocycles. The van der Waals surface area contributed by atoms with Gasteiger partial charge in [0.1, 0.15) is 5.69 Å². The Labute approximate surface area is 113 Å². The zero-order valence-electron chi connectivity index (χ0n) is 10.5. The second-order valence-corrected chi connectivity index (χ2v) is 4.73. The third-order valence-corrected chi connectivity index (χ3v) is 3.27. The van der Waals surface area contributed by atoms with Gasteiger partial charge in [0, 0.05) is 12.6 Å². The van der Waals surface area contributed by atoms with Crippen LogP contribution in [0.25, 0.3) is 0 Å². The largest absolute Gasteiger partial charge is 0.416 e. The molecule has 8 heteroatoms. The number of nitrogens with zero attached hydrogens (tertiary/aromatic N) is 1. The molecule has 1 aliphatic heterocycles. The third kappa shape index (κ3) is 3.38. The molecule has 110 valence electrons. The summed E-state index contributed by atoms with van der Waals surface area (Å²) in [4.78, 5) is 10.1. The average molecular weight is 289 g/mol. The summed E-state index contributed by atoms with van der Waals surface area (Å²) in [6.07, 6.45) is -3.64. The summed E-state index contributed by atoms with van der Waals surface area (Å²) >= 11 is 0. The lowest BCUT2D eigenvalue weighted by Gasteiger charge is -2.13. The van der Waals surface area contributed by atoms with Crippen LogP contribution in [0.2, 0.25) is 0 Å². The van der Waals surface area contributed by atoms with Gasteiger partial charge in [-0.05, 0) is 37.6 Å². The minimum Gasteiger partial charge on any atom is -0.379 e. The van der Waals surface area contributed by atoms with E-state index in [0.29, 0.717) is 18.5 Å². The van der Waals surface area contributed by atoms with Gasteiger partial charge in [-0.1, -0.05) is 0 Å². The van der Waals surface area contributed by atoms with Crippen molar-refractivity contribution in [2.45, 2.75) is 12.6 Å². The van der Waals surface area contributed by atoms with Crippen molar-refractivity contribution in [2.24, 2.45) is 5.92 Å². The summed E-state index contributed by atoms with van der Waals surface area (Å²) in [5.41, 5.74) is -1.45. The first-order valence-corrected chi connectivity index (χ1v) is 6.18. The monoisotopic (exact) mass is 289 g/mol. The molecule has 1 aromatic carbocycles. The van der Waals surface area contributed by atoms with Crippen molar-refractivity contribution >= 4 is 11.4 Å². The van der Waals surface area contributed by atoms with Crippen LogP contribution in [-0.4, -0.2) is 24.6 Å². The second kappa shape index (κ2) is 5.66. The Morgan fingerprint density at radius 1 is 1.45 bits per heavy atom. The SMILES string of the molecule is O=[N+]([O-])c1cc(C(F)(F)F)ccc1NCC1CCNC1. The zero-order valence-corrected chi connectivity index (χ0v) is 10.5. The molecule has 1 unspecified atom stereocenters. The van der Waals surface area contributed by atoms with Gasteiger partial charge in [0.05, 0.1) is 10.5 Å². The summed E-state index contributed by atoms with van der Waals surface area (Å²) in [5.74, 6) is 0.330. The molecule has 0 aromatic heterocycles. The Hall–Kier alpha value is -1.83. The van der Waals surface area contributed by atoms with Gasteiger partial charge in [0.15, 0.2) is 0 Å². The zero-order chi connectivity index (χ0) is 14.8. The van der Waals surface area contributed by atoms with Crippen molar-refractivity contribution < 1.29 is 18.1 Å². The van der Waals surface area contributed by atoms with Gasteiger partial charge >= 0.3 is 6.18 Å². The number of rotatable bonds is 4. The highest BCUT2D eigenvalue weighted by molar-refractivity contribution is 5.63. The van der Waals surface area contributed by atoms with E-state index in [9.17, 15) is 23.3 Å². The maximum Gasteiger partial charge on any atom is 0.416 e. The van der Waals surface area contributed by atoms with Crippen molar-refractivity contribution in [1.82, 2.24) is 5.32 Å². The lowest BCUT2D eigenvalue weighted by molar-refractivity contribution is -0.384. The topological polar surface area (TPSA) is 67.2 Å². The van der Waals surface area contributed by atoms with Crippen molar-refractivity contribution in [1.29, 1.82) is 0 Å². The standard InChI is InChI=1S/C12H14F3N3O2/c13-12(14,15)9-1-2-10(11(5-9)18(19)20)17-7-8-3-4-16-6-8/h1-2,5,8,16-17H,3-4,6-7H2. The summed E-state index contributed by atoms with van der Waals surface area (Å²) < 4.78 is 37.6. The maximum absolute atomic E-state index is 12.5. The van der Waals surface area contributed by atoms with Crippen LogP contribution in [0.4, 0.5) is 24.5 Å². The van der Waals surface area contributed by atoms with E-state index in [4.69, 9.17) is 0 Å². The highest BCUT2D eigenvalue weighted by Gasteiger charge is 2.33. The van der Waals surface area contributed by atoms with Gasteiger partial charge in [-0.3, -0.25) is 10.1 Å². The first-order valence-electron chi connectivity index (χ1n) is 6.18. The Kier molecular flexibility index (Phi) is 4.12. The summed E-state index contributed by atoms with van der Waals surface area (Å²) in [7, 11) is 0. The van der Waals surface area contributed by atoms with E-state index in [-0.39, 0.29) is 5.69 Å². The molecule has 1 atom stereocenters. The summed E-state index contributed by atoms with van der Waals surface area (Å²) in [6, 6.07) is 2.53. The number of hydrogen-bond donors (Lipinski definition) is 2. The predicted molar refractivity (Wildman–Crippen MR) is 67.6 cm³/mol. The first-order chi connectivity index (χ1) is 9.38. The van der Waals surface area contributed by atoms with Gasteiger partial charge in [0.25, 0.3) is 5.69 Å². The van der Waals surface area contributed by atoms with Gasteiger partial charge < -0.3 is 10.6 Å². The number of benzene rings is 1. The number of alkyl halides is 3. The average Bonchev–Trinajstić information content (AvgIpc) is 2.88. The van der Waals surface area contributed by atoms with E-state index in [1.807, 2.05) is 0 Å². The Morgan fingerprint density at radius 2 is 2.20 bits per heavy atom. The highest BCUT2D eigenvalue weighted by atomic mass is 19.4. The van der Waals surface area contributed by atoms with Crippen LogP contribution in [0.5, 0.6) is 0 Å². The molecule has 20 heavy (non-hydrogen) atoms. The van der Waals surface area contributed by atoms with E-state index in [1.54, 1.807) is 0 Å². The van der Waals surface area contributed by atoms with E-state index < -0.39 is 22.4 Å². The Balaban J connectivity index is 2.17. The molecular weight excluding hydrogens is 275 g/mol. The molecule has 1 aliphatic rings. The first kappa shape index (κ1) is 14.6. The molecule has 2 N–H and O–H groups in total. The molecule has 0 spiro atoms. The molecule has 5 nitrogen and oxygen atoms in total. The van der Waals surface area contributed by atoms with E-state index in [1.165, 1.54) is 0 Å². The van der Waals surface area contributed by atoms with E-state index in [2.05, 4.69) is 10.6 Å². The Bertz CT molecular complexity index is 499.